The maximum absolute atomic E-state index is 8.80. The van der Waals surface area contributed by atoms with E-state index in [0.29, 0.717) is 0 Å². The average molecular weight is 160 g/mol. The quantitative estimate of drug-likeness (QED) is 0.239. The minimum absolute atomic E-state index is 0.0331. The van der Waals surface area contributed by atoms with E-state index < -0.39 is 6.10 Å². The summed E-state index contributed by atoms with van der Waals surface area (Å²) < 4.78 is 0. The van der Waals surface area contributed by atoms with E-state index >= 15 is 0 Å². The van der Waals surface area contributed by atoms with Crippen LogP contribution in [-0.4, -0.2) is 40.5 Å². The molecular formula is C6H12N2O3. The minimum Gasteiger partial charge on any atom is -0.394 e. The van der Waals surface area contributed by atoms with Gasteiger partial charge in [-0.25, -0.2) is 0 Å². The van der Waals surface area contributed by atoms with Crippen LogP contribution >= 0.6 is 0 Å². The van der Waals surface area contributed by atoms with E-state index in [4.69, 9.17) is 15.4 Å². The molecule has 0 saturated heterocycles. The first-order valence-corrected chi connectivity index (χ1v) is 3.10. The minimum atomic E-state index is -0.890. The molecule has 0 saturated carbocycles. The van der Waals surface area contributed by atoms with E-state index in [1.54, 1.807) is 5.48 Å². The van der Waals surface area contributed by atoms with E-state index in [0.717, 1.165) is 0 Å². The molecule has 0 heterocycles. The van der Waals surface area contributed by atoms with E-state index in [1.807, 2.05) is 0 Å². The van der Waals surface area contributed by atoms with Crippen molar-refractivity contribution in [3.05, 3.63) is 12.7 Å². The number of hydroxylamine groups is 1. The number of nitrogens with one attached hydrogen (secondary N) is 1. The lowest BCUT2D eigenvalue weighted by atomic mass is 10.4. The third-order valence-corrected chi connectivity index (χ3v) is 0.991. The van der Waals surface area contributed by atoms with Crippen LogP contribution in [-0.2, 0) is 0 Å². The number of hydrogen-bond donors (Lipinski definition) is 4. The van der Waals surface area contributed by atoms with Gasteiger partial charge < -0.3 is 10.2 Å². The standard InChI is InChI=1S/C6H12N2O3/c1-2-6(8-11)7-3-5(10)4-9/h2,5,9-11H,1,3-4H2,(H,7,8). The van der Waals surface area contributed by atoms with Gasteiger partial charge in [-0.05, 0) is 6.08 Å². The molecule has 1 atom stereocenters. The Hall–Kier alpha value is -0.910. The Labute approximate surface area is 64.7 Å². The van der Waals surface area contributed by atoms with Crippen molar-refractivity contribution in [1.29, 1.82) is 0 Å². The molecular weight excluding hydrogens is 148 g/mol. The number of aliphatic hydroxyl groups is 2. The van der Waals surface area contributed by atoms with Crippen molar-refractivity contribution in [2.45, 2.75) is 6.10 Å². The monoisotopic (exact) mass is 160 g/mol. The zero-order valence-electron chi connectivity index (χ0n) is 6.06. The Morgan fingerprint density at radius 2 is 2.36 bits per heavy atom. The molecule has 0 aliphatic rings. The summed E-state index contributed by atoms with van der Waals surface area (Å²) in [5.74, 6) is 0.164. The van der Waals surface area contributed by atoms with Gasteiger partial charge in [-0.15, -0.1) is 0 Å². The highest BCUT2D eigenvalue weighted by molar-refractivity contribution is 5.91. The van der Waals surface area contributed by atoms with Gasteiger partial charge in [0.2, 0.25) is 0 Å². The highest BCUT2D eigenvalue weighted by atomic mass is 16.5. The second-order valence-corrected chi connectivity index (χ2v) is 1.88. The first-order valence-electron chi connectivity index (χ1n) is 3.10. The molecule has 5 nitrogen and oxygen atoms in total. The van der Waals surface area contributed by atoms with Gasteiger partial charge >= 0.3 is 0 Å². The normalized spacial score (nSPS) is 14.3. The molecule has 0 aliphatic carbocycles. The first-order chi connectivity index (χ1) is 5.24. The van der Waals surface area contributed by atoms with Crippen LogP contribution in [0, 0.1) is 0 Å². The first kappa shape index (κ1) is 10.1. The molecule has 0 amide bonds. The largest absolute Gasteiger partial charge is 0.394 e. The molecule has 0 rings (SSSR count). The number of amidine groups is 1. The zero-order chi connectivity index (χ0) is 8.69. The van der Waals surface area contributed by atoms with E-state index in [1.165, 1.54) is 6.08 Å². The lowest BCUT2D eigenvalue weighted by Gasteiger charge is -2.03. The number of rotatable bonds is 4. The Kier molecular flexibility index (Phi) is 5.36. The van der Waals surface area contributed by atoms with Crippen molar-refractivity contribution in [2.24, 2.45) is 4.99 Å². The molecule has 4 N–H and O–H groups in total. The fourth-order valence-corrected chi connectivity index (χ4v) is 0.407. The zero-order valence-corrected chi connectivity index (χ0v) is 6.06. The summed E-state index contributed by atoms with van der Waals surface area (Å²) in [6.07, 6.45) is 0.405. The Morgan fingerprint density at radius 1 is 1.73 bits per heavy atom. The molecule has 0 fully saturated rings. The Bertz CT molecular complexity index is 147. The van der Waals surface area contributed by atoms with Crippen LogP contribution in [0.15, 0.2) is 17.6 Å². The maximum Gasteiger partial charge on any atom is 0.144 e. The fourth-order valence-electron chi connectivity index (χ4n) is 0.407. The van der Waals surface area contributed by atoms with Crippen molar-refractivity contribution < 1.29 is 15.4 Å². The molecule has 11 heavy (non-hydrogen) atoms. The summed E-state index contributed by atoms with van der Waals surface area (Å²) >= 11 is 0. The molecule has 5 heteroatoms. The number of aliphatic hydroxyl groups excluding tert-OH is 2. The van der Waals surface area contributed by atoms with Crippen molar-refractivity contribution >= 4 is 5.84 Å². The van der Waals surface area contributed by atoms with Crippen molar-refractivity contribution in [3.63, 3.8) is 0 Å². The highest BCUT2D eigenvalue weighted by Crippen LogP contribution is 1.83. The van der Waals surface area contributed by atoms with Gasteiger partial charge in [-0.2, -0.15) is 0 Å². The topological polar surface area (TPSA) is 85.1 Å². The summed E-state index contributed by atoms with van der Waals surface area (Å²) in [7, 11) is 0. The van der Waals surface area contributed by atoms with Crippen molar-refractivity contribution in [3.8, 4) is 0 Å². The smallest absolute Gasteiger partial charge is 0.144 e. The second kappa shape index (κ2) is 5.84. The van der Waals surface area contributed by atoms with Gasteiger partial charge in [0.15, 0.2) is 0 Å². The third kappa shape index (κ3) is 4.49. The van der Waals surface area contributed by atoms with E-state index in [-0.39, 0.29) is 19.0 Å². The molecule has 0 aromatic carbocycles. The van der Waals surface area contributed by atoms with Crippen LogP contribution in [0.25, 0.3) is 0 Å². The number of nitrogens with zero attached hydrogens (tertiary/aromatic N) is 1. The Morgan fingerprint density at radius 3 is 2.73 bits per heavy atom. The van der Waals surface area contributed by atoms with Gasteiger partial charge in [0, 0.05) is 0 Å². The van der Waals surface area contributed by atoms with Gasteiger partial charge in [0.25, 0.3) is 0 Å². The number of aliphatic imine (C=N–C) groups is 1. The third-order valence-electron chi connectivity index (χ3n) is 0.991. The van der Waals surface area contributed by atoms with Crippen molar-refractivity contribution in [1.82, 2.24) is 5.48 Å². The maximum atomic E-state index is 8.80. The van der Waals surface area contributed by atoms with Crippen molar-refractivity contribution in [2.75, 3.05) is 13.2 Å². The highest BCUT2D eigenvalue weighted by Gasteiger charge is 1.99. The molecule has 0 aromatic rings. The predicted octanol–water partition coefficient (Wildman–Crippen LogP) is -1.10. The predicted molar refractivity (Wildman–Crippen MR) is 40.5 cm³/mol. The summed E-state index contributed by atoms with van der Waals surface area (Å²) in [6, 6.07) is 0. The molecule has 0 radical (unpaired) electrons. The second-order valence-electron chi connectivity index (χ2n) is 1.88. The van der Waals surface area contributed by atoms with Crippen LogP contribution in [0.1, 0.15) is 0 Å². The summed E-state index contributed by atoms with van der Waals surface area (Å²) in [5, 5.41) is 25.5. The lowest BCUT2D eigenvalue weighted by molar-refractivity contribution is 0.102. The van der Waals surface area contributed by atoms with Gasteiger partial charge in [-0.3, -0.25) is 15.7 Å². The van der Waals surface area contributed by atoms with Crippen LogP contribution in [0.3, 0.4) is 0 Å². The Balaban J connectivity index is 3.77. The lowest BCUT2D eigenvalue weighted by Crippen LogP contribution is -2.21. The average Bonchev–Trinajstić information content (AvgIpc) is 2.06. The van der Waals surface area contributed by atoms with E-state index in [2.05, 4.69) is 11.6 Å². The van der Waals surface area contributed by atoms with Crippen LogP contribution in [0.2, 0.25) is 0 Å². The summed E-state index contributed by atoms with van der Waals surface area (Å²) in [6.45, 7) is 3.02. The molecule has 0 bridgehead atoms. The molecule has 64 valence electrons. The summed E-state index contributed by atoms with van der Waals surface area (Å²) in [4.78, 5) is 3.66. The molecule has 0 aromatic heterocycles. The van der Waals surface area contributed by atoms with Gasteiger partial charge in [0.1, 0.15) is 5.84 Å². The van der Waals surface area contributed by atoms with Crippen LogP contribution < -0.4 is 5.48 Å². The fraction of sp³-hybridized carbons (Fsp3) is 0.500. The summed E-state index contributed by atoms with van der Waals surface area (Å²) in [5.41, 5.74) is 1.77. The molecule has 0 aliphatic heterocycles. The van der Waals surface area contributed by atoms with Crippen LogP contribution in [0.4, 0.5) is 0 Å². The number of hydrogen-bond acceptors (Lipinski definition) is 4. The van der Waals surface area contributed by atoms with Gasteiger partial charge in [-0.1, -0.05) is 6.58 Å². The SMILES string of the molecule is C=CC(=NCC(O)CO)NO. The van der Waals surface area contributed by atoms with Crippen LogP contribution in [0.5, 0.6) is 0 Å². The molecule has 1 unspecified atom stereocenters. The van der Waals surface area contributed by atoms with Gasteiger partial charge in [0.05, 0.1) is 19.3 Å². The molecule has 0 spiro atoms. The van der Waals surface area contributed by atoms with E-state index in [9.17, 15) is 0 Å².